The summed E-state index contributed by atoms with van der Waals surface area (Å²) < 4.78 is 0. The van der Waals surface area contributed by atoms with Crippen LogP contribution in [-0.4, -0.2) is 46.3 Å². The third-order valence-corrected chi connectivity index (χ3v) is 7.81. The molecule has 0 spiro atoms. The Morgan fingerprint density at radius 3 is 2.67 bits per heavy atom. The summed E-state index contributed by atoms with van der Waals surface area (Å²) in [6.45, 7) is 5.68. The zero-order chi connectivity index (χ0) is 21.5. The van der Waals surface area contributed by atoms with Gasteiger partial charge in [0.2, 0.25) is 5.91 Å². The minimum absolute atomic E-state index is 0.172. The highest BCUT2D eigenvalue weighted by atomic mass is 16.3. The van der Waals surface area contributed by atoms with Crippen LogP contribution < -0.4 is 0 Å². The highest BCUT2D eigenvalue weighted by Crippen LogP contribution is 2.48. The van der Waals surface area contributed by atoms with Crippen LogP contribution in [-0.2, 0) is 4.79 Å². The SMILES string of the molecule is CCN(CC)C(=O)CCCCC1=C[C@H]2C[C@@H](O)[C@H](/C=C/[C@@H](O)CC3CCCC3)[C@H]2C1. The molecule has 2 fully saturated rings. The largest absolute Gasteiger partial charge is 0.392 e. The van der Waals surface area contributed by atoms with Gasteiger partial charge < -0.3 is 15.1 Å². The molecule has 0 aromatic heterocycles. The van der Waals surface area contributed by atoms with Crippen molar-refractivity contribution in [1.82, 2.24) is 4.90 Å². The average molecular weight is 418 g/mol. The van der Waals surface area contributed by atoms with E-state index in [-0.39, 0.29) is 24.0 Å². The van der Waals surface area contributed by atoms with Crippen LogP contribution in [0.5, 0.6) is 0 Å². The fourth-order valence-electron chi connectivity index (χ4n) is 6.08. The maximum absolute atomic E-state index is 12.1. The number of rotatable bonds is 11. The summed E-state index contributed by atoms with van der Waals surface area (Å²) in [5.41, 5.74) is 1.51. The fraction of sp³-hybridized carbons (Fsp3) is 0.808. The highest BCUT2D eigenvalue weighted by Gasteiger charge is 2.43. The van der Waals surface area contributed by atoms with Crippen LogP contribution in [0.2, 0.25) is 0 Å². The van der Waals surface area contributed by atoms with Crippen molar-refractivity contribution < 1.29 is 15.0 Å². The van der Waals surface area contributed by atoms with Crippen molar-refractivity contribution in [2.75, 3.05) is 13.1 Å². The van der Waals surface area contributed by atoms with Gasteiger partial charge in [0.05, 0.1) is 12.2 Å². The Labute approximate surface area is 183 Å². The van der Waals surface area contributed by atoms with E-state index in [2.05, 4.69) is 12.2 Å². The van der Waals surface area contributed by atoms with Crippen molar-refractivity contribution in [2.45, 2.75) is 96.7 Å². The minimum Gasteiger partial charge on any atom is -0.392 e. The fourth-order valence-corrected chi connectivity index (χ4v) is 6.08. The molecule has 170 valence electrons. The smallest absolute Gasteiger partial charge is 0.222 e. The van der Waals surface area contributed by atoms with E-state index in [1.807, 2.05) is 24.8 Å². The average Bonchev–Trinajstić information content (AvgIpc) is 3.42. The van der Waals surface area contributed by atoms with Crippen LogP contribution in [0.3, 0.4) is 0 Å². The molecule has 5 atom stereocenters. The van der Waals surface area contributed by atoms with E-state index >= 15 is 0 Å². The molecule has 2 N–H and O–H groups in total. The van der Waals surface area contributed by atoms with Crippen LogP contribution in [0.1, 0.15) is 84.5 Å². The number of hydrogen-bond donors (Lipinski definition) is 2. The number of aliphatic hydroxyl groups excluding tert-OH is 2. The molecule has 0 aromatic carbocycles. The molecule has 4 nitrogen and oxygen atoms in total. The number of aliphatic hydroxyl groups is 2. The zero-order valence-electron chi connectivity index (χ0n) is 19.1. The predicted molar refractivity (Wildman–Crippen MR) is 122 cm³/mol. The second-order valence-corrected chi connectivity index (χ2v) is 9.85. The van der Waals surface area contributed by atoms with Gasteiger partial charge in [0.15, 0.2) is 0 Å². The van der Waals surface area contributed by atoms with Crippen molar-refractivity contribution >= 4 is 5.91 Å². The highest BCUT2D eigenvalue weighted by molar-refractivity contribution is 5.76. The molecule has 0 bridgehead atoms. The Kier molecular flexibility index (Phi) is 9.00. The van der Waals surface area contributed by atoms with E-state index in [9.17, 15) is 15.0 Å². The first-order chi connectivity index (χ1) is 14.5. The molecule has 2 saturated carbocycles. The lowest BCUT2D eigenvalue weighted by atomic mass is 9.88. The lowest BCUT2D eigenvalue weighted by Gasteiger charge is -2.20. The van der Waals surface area contributed by atoms with Crippen LogP contribution in [0, 0.1) is 23.7 Å². The van der Waals surface area contributed by atoms with E-state index in [0.29, 0.717) is 24.2 Å². The van der Waals surface area contributed by atoms with Gasteiger partial charge in [-0.05, 0) is 70.1 Å². The first-order valence-corrected chi connectivity index (χ1v) is 12.5. The number of hydrogen-bond acceptors (Lipinski definition) is 3. The number of unbranched alkanes of at least 4 members (excludes halogenated alkanes) is 1. The van der Waals surface area contributed by atoms with E-state index < -0.39 is 0 Å². The normalized spacial score (nSPS) is 30.1. The summed E-state index contributed by atoms with van der Waals surface area (Å²) in [5, 5.41) is 20.9. The van der Waals surface area contributed by atoms with E-state index in [0.717, 1.165) is 51.6 Å². The van der Waals surface area contributed by atoms with Gasteiger partial charge in [0.25, 0.3) is 0 Å². The summed E-state index contributed by atoms with van der Waals surface area (Å²) in [7, 11) is 0. The Morgan fingerprint density at radius 2 is 1.97 bits per heavy atom. The van der Waals surface area contributed by atoms with Gasteiger partial charge in [-0.25, -0.2) is 0 Å². The third kappa shape index (κ3) is 6.20. The zero-order valence-corrected chi connectivity index (χ0v) is 19.1. The number of carbonyl (C=O) groups is 1. The second kappa shape index (κ2) is 11.5. The van der Waals surface area contributed by atoms with Gasteiger partial charge in [-0.2, -0.15) is 0 Å². The first kappa shape index (κ1) is 23.5. The molecule has 0 aliphatic heterocycles. The van der Waals surface area contributed by atoms with Crippen LogP contribution in [0.15, 0.2) is 23.8 Å². The monoisotopic (exact) mass is 417 g/mol. The maximum Gasteiger partial charge on any atom is 0.222 e. The molecular weight excluding hydrogens is 374 g/mol. The molecule has 4 heteroatoms. The molecule has 0 unspecified atom stereocenters. The molecule has 0 heterocycles. The molecule has 0 aromatic rings. The summed E-state index contributed by atoms with van der Waals surface area (Å²) >= 11 is 0. The number of allylic oxidation sites excluding steroid dienone is 2. The van der Waals surface area contributed by atoms with Crippen LogP contribution >= 0.6 is 0 Å². The van der Waals surface area contributed by atoms with Gasteiger partial charge in [0, 0.05) is 25.4 Å². The number of nitrogens with zero attached hydrogens (tertiary/aromatic N) is 1. The predicted octanol–water partition coefficient (Wildman–Crippen LogP) is 4.86. The van der Waals surface area contributed by atoms with Crippen molar-refractivity contribution in [1.29, 1.82) is 0 Å². The second-order valence-electron chi connectivity index (χ2n) is 9.85. The Bertz CT molecular complexity index is 603. The Morgan fingerprint density at radius 1 is 1.23 bits per heavy atom. The lowest BCUT2D eigenvalue weighted by molar-refractivity contribution is -0.130. The number of carbonyl (C=O) groups excluding carboxylic acids is 1. The molecular formula is C26H43NO3. The summed E-state index contributed by atoms with van der Waals surface area (Å²) in [6, 6.07) is 0. The molecule has 1 amide bonds. The molecule has 3 aliphatic rings. The standard InChI is InChI=1S/C26H43NO3/c1-3-27(4-2)26(30)12-8-7-11-20-15-21-18-25(29)23(24(21)17-20)14-13-22(28)16-19-9-5-6-10-19/h13-15,19,21-25,28-29H,3-12,16-18H2,1-2H3/b14-13+/t21-,22+,23+,24-,25+/m0/s1. The number of fused-ring (bicyclic) bond motifs is 1. The quantitative estimate of drug-likeness (QED) is 0.373. The maximum atomic E-state index is 12.1. The molecule has 0 saturated heterocycles. The van der Waals surface area contributed by atoms with Crippen molar-refractivity contribution in [3.8, 4) is 0 Å². The van der Waals surface area contributed by atoms with Gasteiger partial charge in [-0.15, -0.1) is 0 Å². The molecule has 3 rings (SSSR count). The van der Waals surface area contributed by atoms with Crippen molar-refractivity contribution in [3.63, 3.8) is 0 Å². The van der Waals surface area contributed by atoms with Crippen LogP contribution in [0.25, 0.3) is 0 Å². The van der Waals surface area contributed by atoms with Gasteiger partial charge in [-0.1, -0.05) is 49.5 Å². The summed E-state index contributed by atoms with van der Waals surface area (Å²) in [5.74, 6) is 2.10. The van der Waals surface area contributed by atoms with Gasteiger partial charge >= 0.3 is 0 Å². The summed E-state index contributed by atoms with van der Waals surface area (Å²) in [4.78, 5) is 14.0. The third-order valence-electron chi connectivity index (χ3n) is 7.81. The van der Waals surface area contributed by atoms with Crippen molar-refractivity contribution in [3.05, 3.63) is 23.8 Å². The Hall–Kier alpha value is -1.13. The summed E-state index contributed by atoms with van der Waals surface area (Å²) in [6.07, 6.45) is 17.5. The Balaban J connectivity index is 1.41. The van der Waals surface area contributed by atoms with E-state index in [1.54, 1.807) is 0 Å². The number of amides is 1. The van der Waals surface area contributed by atoms with Crippen LogP contribution in [0.4, 0.5) is 0 Å². The van der Waals surface area contributed by atoms with Gasteiger partial charge in [-0.3, -0.25) is 4.79 Å². The lowest BCUT2D eigenvalue weighted by Crippen LogP contribution is -2.30. The molecule has 30 heavy (non-hydrogen) atoms. The first-order valence-electron chi connectivity index (χ1n) is 12.5. The topological polar surface area (TPSA) is 60.8 Å². The van der Waals surface area contributed by atoms with E-state index in [1.165, 1.54) is 31.3 Å². The minimum atomic E-state index is -0.364. The molecule has 3 aliphatic carbocycles. The van der Waals surface area contributed by atoms with Gasteiger partial charge in [0.1, 0.15) is 0 Å². The van der Waals surface area contributed by atoms with Crippen molar-refractivity contribution in [2.24, 2.45) is 23.7 Å². The molecule has 0 radical (unpaired) electrons. The van der Waals surface area contributed by atoms with E-state index in [4.69, 9.17) is 0 Å².